The van der Waals surface area contributed by atoms with Gasteiger partial charge in [0.1, 0.15) is 0 Å². The molecule has 0 aliphatic carbocycles. The van der Waals surface area contributed by atoms with Crippen molar-refractivity contribution in [2.45, 2.75) is 6.42 Å². The molecule has 1 aromatic carbocycles. The molecular weight excluding hydrogens is 300 g/mol. The highest BCUT2D eigenvalue weighted by Gasteiger charge is 2.13. The smallest absolute Gasteiger partial charge is 0.337 e. The van der Waals surface area contributed by atoms with E-state index in [-0.39, 0.29) is 22.8 Å². The first-order chi connectivity index (χ1) is 10.1. The zero-order valence-corrected chi connectivity index (χ0v) is 11.4. The summed E-state index contributed by atoms with van der Waals surface area (Å²) in [4.78, 5) is 26.6. The second-order valence-electron chi connectivity index (χ2n) is 3.97. The molecule has 110 valence electrons. The minimum absolute atomic E-state index is 0.0872. The zero-order valence-electron chi connectivity index (χ0n) is 10.7. The number of hydrogen-bond donors (Lipinski definition) is 3. The standard InChI is InChI=1S/C12H11ClN4O4/c13-7-1-2-9(8(5-7)11(18)19)16-12(20)14-4-3-10-15-6-21-17-10/h1-2,5-6H,3-4H2,(H,18,19)(H2,14,16,20). The Hall–Kier alpha value is -2.61. The monoisotopic (exact) mass is 310 g/mol. The third-order valence-electron chi connectivity index (χ3n) is 2.50. The van der Waals surface area contributed by atoms with Gasteiger partial charge in [-0.25, -0.2) is 9.59 Å². The van der Waals surface area contributed by atoms with Crippen molar-refractivity contribution in [3.8, 4) is 0 Å². The van der Waals surface area contributed by atoms with Crippen LogP contribution in [0.1, 0.15) is 16.2 Å². The molecule has 0 aliphatic heterocycles. The van der Waals surface area contributed by atoms with Crippen molar-refractivity contribution < 1.29 is 19.2 Å². The van der Waals surface area contributed by atoms with E-state index in [1.807, 2.05) is 0 Å². The molecule has 0 saturated carbocycles. The Balaban J connectivity index is 1.92. The number of carboxylic acids is 1. The number of hydrogen-bond acceptors (Lipinski definition) is 5. The van der Waals surface area contributed by atoms with Crippen LogP contribution in [-0.2, 0) is 6.42 Å². The number of aromatic nitrogens is 2. The number of urea groups is 1. The van der Waals surface area contributed by atoms with E-state index in [0.717, 1.165) is 0 Å². The van der Waals surface area contributed by atoms with E-state index in [2.05, 4.69) is 25.3 Å². The number of carbonyl (C=O) groups is 2. The van der Waals surface area contributed by atoms with Gasteiger partial charge >= 0.3 is 12.0 Å². The minimum atomic E-state index is -1.18. The van der Waals surface area contributed by atoms with Crippen LogP contribution in [0.3, 0.4) is 0 Å². The number of rotatable bonds is 5. The van der Waals surface area contributed by atoms with Gasteiger partial charge in [-0.3, -0.25) is 0 Å². The predicted molar refractivity (Wildman–Crippen MR) is 73.4 cm³/mol. The summed E-state index contributed by atoms with van der Waals surface area (Å²) in [5, 5.41) is 17.9. The van der Waals surface area contributed by atoms with Crippen molar-refractivity contribution >= 4 is 29.3 Å². The fourth-order valence-corrected chi connectivity index (χ4v) is 1.73. The highest BCUT2D eigenvalue weighted by Crippen LogP contribution is 2.20. The van der Waals surface area contributed by atoms with Gasteiger partial charge in [-0.2, -0.15) is 4.98 Å². The molecule has 0 unspecified atom stereocenters. The number of amides is 2. The van der Waals surface area contributed by atoms with Gasteiger partial charge in [-0.05, 0) is 18.2 Å². The summed E-state index contributed by atoms with van der Waals surface area (Å²) in [6, 6.07) is 3.63. The van der Waals surface area contributed by atoms with Gasteiger partial charge in [0.15, 0.2) is 5.82 Å². The van der Waals surface area contributed by atoms with E-state index in [0.29, 0.717) is 12.2 Å². The first-order valence-electron chi connectivity index (χ1n) is 5.89. The first kappa shape index (κ1) is 14.8. The number of nitrogens with zero attached hydrogens (tertiary/aromatic N) is 2. The molecule has 0 aliphatic rings. The number of aromatic carboxylic acids is 1. The molecular formula is C12H11ClN4O4. The molecule has 0 spiro atoms. The molecule has 8 nitrogen and oxygen atoms in total. The van der Waals surface area contributed by atoms with E-state index in [4.69, 9.17) is 16.7 Å². The fourth-order valence-electron chi connectivity index (χ4n) is 1.56. The van der Waals surface area contributed by atoms with Crippen LogP contribution in [0.25, 0.3) is 0 Å². The maximum Gasteiger partial charge on any atom is 0.337 e. The summed E-state index contributed by atoms with van der Waals surface area (Å²) in [6.45, 7) is 0.279. The topological polar surface area (TPSA) is 117 Å². The van der Waals surface area contributed by atoms with Gasteiger partial charge in [0, 0.05) is 18.0 Å². The number of benzene rings is 1. The van der Waals surface area contributed by atoms with Crippen LogP contribution in [0.2, 0.25) is 5.02 Å². The molecule has 2 aromatic rings. The fraction of sp³-hybridized carbons (Fsp3) is 0.167. The third-order valence-corrected chi connectivity index (χ3v) is 2.74. The number of anilines is 1. The van der Waals surface area contributed by atoms with Crippen molar-refractivity contribution in [3.05, 3.63) is 41.0 Å². The van der Waals surface area contributed by atoms with Crippen LogP contribution in [-0.4, -0.2) is 33.8 Å². The minimum Gasteiger partial charge on any atom is -0.478 e. The van der Waals surface area contributed by atoms with Crippen LogP contribution in [0.5, 0.6) is 0 Å². The van der Waals surface area contributed by atoms with E-state index < -0.39 is 12.0 Å². The molecule has 21 heavy (non-hydrogen) atoms. The average molecular weight is 311 g/mol. The predicted octanol–water partition coefficient (Wildman–Crippen LogP) is 1.79. The van der Waals surface area contributed by atoms with Gasteiger partial charge in [0.2, 0.25) is 6.39 Å². The first-order valence-corrected chi connectivity index (χ1v) is 6.27. The van der Waals surface area contributed by atoms with Gasteiger partial charge < -0.3 is 20.3 Å². The Morgan fingerprint density at radius 2 is 2.19 bits per heavy atom. The van der Waals surface area contributed by atoms with Crippen molar-refractivity contribution in [1.82, 2.24) is 15.5 Å². The lowest BCUT2D eigenvalue weighted by Crippen LogP contribution is -2.31. The average Bonchev–Trinajstić information content (AvgIpc) is 2.94. The molecule has 3 N–H and O–H groups in total. The van der Waals surface area contributed by atoms with Crippen molar-refractivity contribution in [2.24, 2.45) is 0 Å². The summed E-state index contributed by atoms with van der Waals surface area (Å²) in [5.74, 6) is -0.715. The number of nitrogens with one attached hydrogen (secondary N) is 2. The van der Waals surface area contributed by atoms with Crippen LogP contribution in [0.15, 0.2) is 29.1 Å². The van der Waals surface area contributed by atoms with Crippen molar-refractivity contribution in [2.75, 3.05) is 11.9 Å². The summed E-state index contributed by atoms with van der Waals surface area (Å²) in [7, 11) is 0. The Morgan fingerprint density at radius 1 is 1.38 bits per heavy atom. The Labute approximate surface area is 124 Å². The van der Waals surface area contributed by atoms with E-state index >= 15 is 0 Å². The maximum atomic E-state index is 11.7. The quantitative estimate of drug-likeness (QED) is 0.775. The molecule has 2 amide bonds. The van der Waals surface area contributed by atoms with E-state index in [9.17, 15) is 9.59 Å². The van der Waals surface area contributed by atoms with Crippen molar-refractivity contribution in [1.29, 1.82) is 0 Å². The molecule has 0 bridgehead atoms. The SMILES string of the molecule is O=C(NCCc1ncon1)Nc1ccc(Cl)cc1C(=O)O. The van der Waals surface area contributed by atoms with Gasteiger partial charge in [-0.1, -0.05) is 16.8 Å². The molecule has 1 heterocycles. The Kier molecular flexibility index (Phi) is 4.72. The molecule has 0 fully saturated rings. The zero-order chi connectivity index (χ0) is 15.2. The molecule has 1 aromatic heterocycles. The highest BCUT2D eigenvalue weighted by molar-refractivity contribution is 6.31. The summed E-state index contributed by atoms with van der Waals surface area (Å²) in [5.41, 5.74) is 0.0692. The van der Waals surface area contributed by atoms with E-state index in [1.54, 1.807) is 0 Å². The molecule has 9 heteroatoms. The van der Waals surface area contributed by atoms with Gasteiger partial charge in [-0.15, -0.1) is 0 Å². The second-order valence-corrected chi connectivity index (χ2v) is 4.41. The highest BCUT2D eigenvalue weighted by atomic mass is 35.5. The Morgan fingerprint density at radius 3 is 2.86 bits per heavy atom. The van der Waals surface area contributed by atoms with Crippen LogP contribution < -0.4 is 10.6 Å². The van der Waals surface area contributed by atoms with Crippen molar-refractivity contribution in [3.63, 3.8) is 0 Å². The van der Waals surface area contributed by atoms with Crippen LogP contribution in [0.4, 0.5) is 10.5 Å². The van der Waals surface area contributed by atoms with Gasteiger partial charge in [0.25, 0.3) is 0 Å². The lowest BCUT2D eigenvalue weighted by atomic mass is 10.2. The van der Waals surface area contributed by atoms with E-state index in [1.165, 1.54) is 24.6 Å². The third kappa shape index (κ3) is 4.18. The molecule has 0 saturated heterocycles. The molecule has 0 atom stereocenters. The number of carboxylic acid groups (broad SMARTS) is 1. The summed E-state index contributed by atoms with van der Waals surface area (Å²) >= 11 is 5.72. The lowest BCUT2D eigenvalue weighted by molar-refractivity contribution is 0.0698. The molecule has 0 radical (unpaired) electrons. The second kappa shape index (κ2) is 6.71. The maximum absolute atomic E-state index is 11.7. The van der Waals surface area contributed by atoms with Crippen LogP contribution in [0, 0.1) is 0 Å². The lowest BCUT2D eigenvalue weighted by Gasteiger charge is -2.09. The van der Waals surface area contributed by atoms with Crippen LogP contribution >= 0.6 is 11.6 Å². The largest absolute Gasteiger partial charge is 0.478 e. The Bertz CT molecular complexity index is 645. The van der Waals surface area contributed by atoms with Gasteiger partial charge in [0.05, 0.1) is 11.3 Å². The normalized spacial score (nSPS) is 10.1. The summed E-state index contributed by atoms with van der Waals surface area (Å²) < 4.78 is 4.55. The number of carbonyl (C=O) groups excluding carboxylic acids is 1. The number of halogens is 1. The molecule has 2 rings (SSSR count). The summed E-state index contributed by atoms with van der Waals surface area (Å²) in [6.07, 6.45) is 1.60.